The minimum absolute atomic E-state index is 0.0736. The number of carboxylic acids is 1. The topological polar surface area (TPSA) is 40.5 Å². The van der Waals surface area contributed by atoms with Crippen molar-refractivity contribution in [1.29, 1.82) is 0 Å². The molecule has 0 aliphatic rings. The van der Waals surface area contributed by atoms with Gasteiger partial charge in [0.25, 0.3) is 0 Å². The quantitative estimate of drug-likeness (QED) is 0.591. The summed E-state index contributed by atoms with van der Waals surface area (Å²) in [5.74, 6) is -0.875. The molecule has 13 heavy (non-hydrogen) atoms. The lowest BCUT2D eigenvalue weighted by Gasteiger charge is -2.41. The minimum atomic E-state index is -1.85. The minimum Gasteiger partial charge on any atom is -0.480 e. The van der Waals surface area contributed by atoms with Crippen LogP contribution >= 0.6 is 11.8 Å². The third-order valence-electron chi connectivity index (χ3n) is 2.72. The third-order valence-corrected chi connectivity index (χ3v) is 9.15. The summed E-state index contributed by atoms with van der Waals surface area (Å²) in [7, 11) is -1.85. The van der Waals surface area contributed by atoms with Crippen LogP contribution in [0.5, 0.6) is 0 Å². The van der Waals surface area contributed by atoms with Crippen LogP contribution in [0, 0.1) is 0 Å². The van der Waals surface area contributed by atoms with Gasteiger partial charge in [0, 0.05) is 0 Å². The molecule has 0 aliphatic carbocycles. The molecule has 0 saturated heterocycles. The molecular formula is C8H18ClNO2Si. The number of halogens is 1. The normalized spacial score (nSPS) is 13.5. The fraction of sp³-hybridized carbons (Fsp3) is 0.875. The number of hydrogen-bond acceptors (Lipinski definition) is 2. The highest BCUT2D eigenvalue weighted by molar-refractivity contribution is 6.81. The first-order valence-corrected chi connectivity index (χ1v) is 7.53. The predicted octanol–water partition coefficient (Wildman–Crippen LogP) is 2.53. The highest BCUT2D eigenvalue weighted by atomic mass is 35.5. The molecule has 0 aromatic rings. The Hall–Kier alpha value is -0.0631. The van der Waals surface area contributed by atoms with Gasteiger partial charge in [0.1, 0.15) is 14.8 Å². The van der Waals surface area contributed by atoms with Crippen molar-refractivity contribution in [2.45, 2.75) is 38.9 Å². The zero-order valence-electron chi connectivity index (χ0n) is 8.89. The zero-order chi connectivity index (χ0) is 10.9. The van der Waals surface area contributed by atoms with Crippen LogP contribution in [0.3, 0.4) is 0 Å². The first-order valence-electron chi connectivity index (χ1n) is 4.24. The SMILES string of the molecule is CC(C)(C)[Si](C)(C)N(Cl)CC(=O)O. The van der Waals surface area contributed by atoms with Gasteiger partial charge in [0.05, 0.1) is 0 Å². The van der Waals surface area contributed by atoms with Gasteiger partial charge in [-0.25, -0.2) is 4.08 Å². The molecule has 0 aromatic heterocycles. The number of carbonyl (C=O) groups is 1. The second-order valence-electron chi connectivity index (χ2n) is 4.72. The van der Waals surface area contributed by atoms with Crippen molar-refractivity contribution in [2.24, 2.45) is 0 Å². The van der Waals surface area contributed by atoms with Gasteiger partial charge in [-0.05, 0) is 16.8 Å². The van der Waals surface area contributed by atoms with E-state index in [1.807, 2.05) is 0 Å². The third kappa shape index (κ3) is 3.29. The summed E-state index contributed by atoms with van der Waals surface area (Å²) in [6.45, 7) is 10.3. The molecule has 0 amide bonds. The van der Waals surface area contributed by atoms with E-state index < -0.39 is 14.2 Å². The molecule has 0 aliphatic heterocycles. The molecule has 0 rings (SSSR count). The van der Waals surface area contributed by atoms with Gasteiger partial charge in [0.2, 0.25) is 0 Å². The first kappa shape index (κ1) is 12.9. The highest BCUT2D eigenvalue weighted by Crippen LogP contribution is 2.38. The van der Waals surface area contributed by atoms with E-state index in [1.165, 1.54) is 4.08 Å². The van der Waals surface area contributed by atoms with E-state index >= 15 is 0 Å². The second kappa shape index (κ2) is 3.98. The van der Waals surface area contributed by atoms with Gasteiger partial charge >= 0.3 is 5.97 Å². The molecule has 0 atom stereocenters. The fourth-order valence-electron chi connectivity index (χ4n) is 0.680. The monoisotopic (exact) mass is 223 g/mol. The van der Waals surface area contributed by atoms with E-state index in [9.17, 15) is 4.79 Å². The molecule has 0 unspecified atom stereocenters. The standard InChI is InChI=1S/C8H18ClNO2Si/c1-8(2,3)13(4,5)10(9)6-7(11)12/h6H2,1-5H3,(H,11,12). The van der Waals surface area contributed by atoms with Crippen LogP contribution in [0.4, 0.5) is 0 Å². The van der Waals surface area contributed by atoms with Crippen LogP contribution in [0.2, 0.25) is 18.1 Å². The average Bonchev–Trinajstić information content (AvgIpc) is 1.82. The highest BCUT2D eigenvalue weighted by Gasteiger charge is 2.41. The van der Waals surface area contributed by atoms with Crippen LogP contribution in [0.25, 0.3) is 0 Å². The molecule has 0 heterocycles. The molecule has 0 spiro atoms. The summed E-state index contributed by atoms with van der Waals surface area (Å²) in [6.07, 6.45) is 0. The average molecular weight is 224 g/mol. The molecule has 0 bridgehead atoms. The number of carboxylic acid groups (broad SMARTS) is 1. The zero-order valence-corrected chi connectivity index (χ0v) is 10.6. The molecule has 0 radical (unpaired) electrons. The molecule has 5 heteroatoms. The van der Waals surface area contributed by atoms with Crippen LogP contribution in [-0.2, 0) is 4.79 Å². The van der Waals surface area contributed by atoms with E-state index in [4.69, 9.17) is 16.9 Å². The summed E-state index contributed by atoms with van der Waals surface area (Å²) in [5, 5.41) is 8.68. The lowest BCUT2D eigenvalue weighted by molar-refractivity contribution is -0.136. The molecule has 3 nitrogen and oxygen atoms in total. The number of nitrogens with zero attached hydrogens (tertiary/aromatic N) is 1. The fourth-order valence-corrected chi connectivity index (χ4v) is 2.80. The summed E-state index contributed by atoms with van der Waals surface area (Å²) >= 11 is 5.97. The molecule has 0 fully saturated rings. The second-order valence-corrected chi connectivity index (χ2v) is 10.6. The van der Waals surface area contributed by atoms with Crippen molar-refractivity contribution in [3.8, 4) is 0 Å². The largest absolute Gasteiger partial charge is 0.480 e. The van der Waals surface area contributed by atoms with Crippen molar-refractivity contribution in [2.75, 3.05) is 6.54 Å². The van der Waals surface area contributed by atoms with E-state index in [-0.39, 0.29) is 11.6 Å². The Bertz CT molecular complexity index is 201. The Labute approximate surface area is 85.9 Å². The summed E-state index contributed by atoms with van der Waals surface area (Å²) in [4.78, 5) is 10.5. The Kier molecular flexibility index (Phi) is 3.96. The summed E-state index contributed by atoms with van der Waals surface area (Å²) in [5.41, 5.74) is 0. The van der Waals surface area contributed by atoms with Gasteiger partial charge in [-0.1, -0.05) is 33.9 Å². The van der Waals surface area contributed by atoms with Crippen LogP contribution in [0.1, 0.15) is 20.8 Å². The van der Waals surface area contributed by atoms with Crippen molar-refractivity contribution in [3.63, 3.8) is 0 Å². The Balaban J connectivity index is 4.54. The Morgan fingerprint density at radius 1 is 1.46 bits per heavy atom. The van der Waals surface area contributed by atoms with Gasteiger partial charge in [-0.2, -0.15) is 0 Å². The molecule has 78 valence electrons. The van der Waals surface area contributed by atoms with E-state index in [0.29, 0.717) is 0 Å². The summed E-state index contributed by atoms with van der Waals surface area (Å²) < 4.78 is 1.48. The maximum Gasteiger partial charge on any atom is 0.318 e. The van der Waals surface area contributed by atoms with Crippen LogP contribution in [0.15, 0.2) is 0 Å². The van der Waals surface area contributed by atoms with Crippen molar-refractivity contribution >= 4 is 26.0 Å². The number of aliphatic carboxylic acids is 1. The molecular weight excluding hydrogens is 206 g/mol. The predicted molar refractivity (Wildman–Crippen MR) is 57.4 cm³/mol. The lowest BCUT2D eigenvalue weighted by atomic mass is 10.2. The number of hydrogen-bond donors (Lipinski definition) is 1. The maximum atomic E-state index is 10.5. The molecule has 0 aromatic carbocycles. The Morgan fingerprint density at radius 3 is 2.08 bits per heavy atom. The first-order chi connectivity index (χ1) is 5.59. The molecule has 0 saturated carbocycles. The van der Waals surface area contributed by atoms with E-state index in [1.54, 1.807) is 0 Å². The van der Waals surface area contributed by atoms with Crippen LogP contribution < -0.4 is 0 Å². The Morgan fingerprint density at radius 2 is 1.85 bits per heavy atom. The maximum absolute atomic E-state index is 10.5. The number of rotatable bonds is 3. The van der Waals surface area contributed by atoms with Gasteiger partial charge < -0.3 is 5.11 Å². The lowest BCUT2D eigenvalue weighted by Crippen LogP contribution is -2.51. The smallest absolute Gasteiger partial charge is 0.318 e. The summed E-state index contributed by atoms with van der Waals surface area (Å²) in [6, 6.07) is 0. The van der Waals surface area contributed by atoms with Gasteiger partial charge in [-0.3, -0.25) is 4.79 Å². The van der Waals surface area contributed by atoms with Crippen LogP contribution in [-0.4, -0.2) is 29.9 Å². The molecule has 1 N–H and O–H groups in total. The van der Waals surface area contributed by atoms with Crippen molar-refractivity contribution in [1.82, 2.24) is 4.08 Å². The van der Waals surface area contributed by atoms with E-state index in [0.717, 1.165) is 0 Å². The van der Waals surface area contributed by atoms with Gasteiger partial charge in [0.15, 0.2) is 0 Å². The van der Waals surface area contributed by atoms with E-state index in [2.05, 4.69) is 33.9 Å². The van der Waals surface area contributed by atoms with Gasteiger partial charge in [-0.15, -0.1) is 0 Å². The van der Waals surface area contributed by atoms with Crippen molar-refractivity contribution < 1.29 is 9.90 Å². The van der Waals surface area contributed by atoms with Crippen molar-refractivity contribution in [3.05, 3.63) is 0 Å².